The Morgan fingerprint density at radius 3 is 2.67 bits per heavy atom. The third kappa shape index (κ3) is 5.79. The highest BCUT2D eigenvalue weighted by Crippen LogP contribution is 2.26. The first-order chi connectivity index (χ1) is 13.0. The summed E-state index contributed by atoms with van der Waals surface area (Å²) in [6, 6.07) is 12.7. The zero-order valence-corrected chi connectivity index (χ0v) is 17.5. The summed E-state index contributed by atoms with van der Waals surface area (Å²) >= 11 is 14.2. The third-order valence-corrected chi connectivity index (χ3v) is 6.04. The molecule has 0 aliphatic carbocycles. The predicted octanol–water partition coefficient (Wildman–Crippen LogP) is 5.42. The van der Waals surface area contributed by atoms with Crippen molar-refractivity contribution in [1.82, 2.24) is 10.2 Å². The van der Waals surface area contributed by atoms with Crippen molar-refractivity contribution in [3.05, 3.63) is 63.6 Å². The number of carbonyl (C=O) groups is 1. The number of hydrogen-bond donors (Lipinski definition) is 2. The average Bonchev–Trinajstić information content (AvgIpc) is 2.64. The van der Waals surface area contributed by atoms with Gasteiger partial charge in [-0.25, -0.2) is 4.79 Å². The van der Waals surface area contributed by atoms with Gasteiger partial charge in [0.2, 0.25) is 0 Å². The van der Waals surface area contributed by atoms with E-state index in [0.29, 0.717) is 10.0 Å². The first-order valence-electron chi connectivity index (χ1n) is 8.93. The van der Waals surface area contributed by atoms with E-state index in [0.717, 1.165) is 48.0 Å². The maximum absolute atomic E-state index is 12.5. The molecule has 0 bridgehead atoms. The summed E-state index contributed by atoms with van der Waals surface area (Å²) in [5.74, 6) is 2.32. The fourth-order valence-corrected chi connectivity index (χ4v) is 4.62. The molecule has 1 heterocycles. The van der Waals surface area contributed by atoms with E-state index in [1.165, 1.54) is 0 Å². The number of nitrogens with one attached hydrogen (secondary N) is 2. The number of hydrogen-bond acceptors (Lipinski definition) is 3. The van der Waals surface area contributed by atoms with Gasteiger partial charge in [0.05, 0.1) is 6.04 Å². The van der Waals surface area contributed by atoms with Crippen LogP contribution in [0.2, 0.25) is 10.0 Å². The van der Waals surface area contributed by atoms with Crippen molar-refractivity contribution in [2.24, 2.45) is 0 Å². The highest BCUT2D eigenvalue weighted by atomic mass is 35.5. The molecule has 1 aliphatic heterocycles. The van der Waals surface area contributed by atoms with Crippen molar-refractivity contribution in [3.63, 3.8) is 0 Å². The molecule has 27 heavy (non-hydrogen) atoms. The molecule has 1 saturated heterocycles. The molecule has 2 N–H and O–H groups in total. The van der Waals surface area contributed by atoms with E-state index >= 15 is 0 Å². The zero-order chi connectivity index (χ0) is 19.2. The lowest BCUT2D eigenvalue weighted by Gasteiger charge is -2.27. The topological polar surface area (TPSA) is 44.4 Å². The summed E-state index contributed by atoms with van der Waals surface area (Å²) in [7, 11) is 0. The van der Waals surface area contributed by atoms with Gasteiger partial charge in [-0.1, -0.05) is 47.5 Å². The van der Waals surface area contributed by atoms with Crippen LogP contribution in [0.4, 0.5) is 10.5 Å². The predicted molar refractivity (Wildman–Crippen MR) is 116 cm³/mol. The molecule has 4 nitrogen and oxygen atoms in total. The Bertz CT molecular complexity index is 797. The molecule has 0 saturated carbocycles. The minimum absolute atomic E-state index is 0.235. The molecule has 2 amide bonds. The number of urea groups is 1. The number of benzene rings is 2. The van der Waals surface area contributed by atoms with E-state index in [4.69, 9.17) is 23.2 Å². The van der Waals surface area contributed by atoms with Crippen LogP contribution in [0.5, 0.6) is 0 Å². The number of rotatable bonds is 5. The molecule has 1 unspecified atom stereocenters. The molecule has 3 rings (SSSR count). The summed E-state index contributed by atoms with van der Waals surface area (Å²) < 4.78 is 0. The molecule has 0 spiro atoms. The van der Waals surface area contributed by atoms with Gasteiger partial charge in [-0.3, -0.25) is 4.90 Å². The fraction of sp³-hybridized carbons (Fsp3) is 0.350. The summed E-state index contributed by atoms with van der Waals surface area (Å²) in [5.41, 5.74) is 2.79. The Labute approximate surface area is 174 Å². The van der Waals surface area contributed by atoms with Crippen molar-refractivity contribution in [2.75, 3.05) is 29.9 Å². The van der Waals surface area contributed by atoms with Crippen molar-refractivity contribution in [2.45, 2.75) is 19.5 Å². The van der Waals surface area contributed by atoms with Gasteiger partial charge in [0.15, 0.2) is 0 Å². The molecular formula is C20H23Cl2N3OS. The molecule has 2 aromatic rings. The molecule has 0 radical (unpaired) electrons. The van der Waals surface area contributed by atoms with Gasteiger partial charge in [0, 0.05) is 46.9 Å². The summed E-state index contributed by atoms with van der Waals surface area (Å²) in [5, 5.41) is 7.04. The third-order valence-electron chi connectivity index (χ3n) is 4.54. The second-order valence-corrected chi connectivity index (χ2v) is 8.60. The van der Waals surface area contributed by atoms with Crippen LogP contribution in [-0.4, -0.2) is 35.5 Å². The second-order valence-electron chi connectivity index (χ2n) is 6.53. The maximum Gasteiger partial charge on any atom is 0.319 e. The van der Waals surface area contributed by atoms with Crippen molar-refractivity contribution < 1.29 is 4.79 Å². The van der Waals surface area contributed by atoms with Crippen LogP contribution in [0.15, 0.2) is 42.5 Å². The Morgan fingerprint density at radius 1 is 1.19 bits per heavy atom. The van der Waals surface area contributed by atoms with Crippen LogP contribution in [-0.2, 0) is 6.54 Å². The molecule has 7 heteroatoms. The molecule has 0 aromatic heterocycles. The lowest BCUT2D eigenvalue weighted by Crippen LogP contribution is -2.34. The average molecular weight is 424 g/mol. The Kier molecular flexibility index (Phi) is 7.30. The van der Waals surface area contributed by atoms with E-state index in [1.807, 2.05) is 43.0 Å². The minimum Gasteiger partial charge on any atom is -0.331 e. The van der Waals surface area contributed by atoms with Crippen LogP contribution < -0.4 is 10.6 Å². The van der Waals surface area contributed by atoms with E-state index in [9.17, 15) is 4.79 Å². The number of anilines is 1. The Hall–Kier alpha value is -1.40. The Morgan fingerprint density at radius 2 is 1.93 bits per heavy atom. The van der Waals surface area contributed by atoms with Gasteiger partial charge < -0.3 is 10.6 Å². The van der Waals surface area contributed by atoms with Crippen molar-refractivity contribution in [3.8, 4) is 0 Å². The standard InChI is InChI=1S/C20H23Cl2N3OS/c1-14(17-7-6-16(21)12-18(17)22)23-20(26)24-19-5-3-2-4-15(19)13-25-8-10-27-11-9-25/h2-7,12,14H,8-11,13H2,1H3,(H2,23,24,26). The highest BCUT2D eigenvalue weighted by Gasteiger charge is 2.16. The van der Waals surface area contributed by atoms with E-state index in [-0.39, 0.29) is 12.1 Å². The first-order valence-corrected chi connectivity index (χ1v) is 10.8. The molecule has 1 fully saturated rings. The monoisotopic (exact) mass is 423 g/mol. The SMILES string of the molecule is CC(NC(=O)Nc1ccccc1CN1CCSCC1)c1ccc(Cl)cc1Cl. The largest absolute Gasteiger partial charge is 0.331 e. The number of carbonyl (C=O) groups excluding carboxylic acids is 1. The number of amides is 2. The van der Waals surface area contributed by atoms with Crippen LogP contribution in [0.1, 0.15) is 24.1 Å². The van der Waals surface area contributed by atoms with E-state index < -0.39 is 0 Å². The van der Waals surface area contributed by atoms with E-state index in [2.05, 4.69) is 21.6 Å². The Balaban J connectivity index is 1.63. The number of nitrogens with zero attached hydrogens (tertiary/aromatic N) is 1. The molecule has 1 aliphatic rings. The smallest absolute Gasteiger partial charge is 0.319 e. The summed E-state index contributed by atoms with van der Waals surface area (Å²) in [6.07, 6.45) is 0. The van der Waals surface area contributed by atoms with Gasteiger partial charge in [-0.05, 0) is 36.2 Å². The van der Waals surface area contributed by atoms with Crippen LogP contribution in [0.25, 0.3) is 0 Å². The highest BCUT2D eigenvalue weighted by molar-refractivity contribution is 7.99. The van der Waals surface area contributed by atoms with Gasteiger partial charge in [-0.2, -0.15) is 11.8 Å². The van der Waals surface area contributed by atoms with E-state index in [1.54, 1.807) is 12.1 Å². The maximum atomic E-state index is 12.5. The molecule has 2 aromatic carbocycles. The van der Waals surface area contributed by atoms with Crippen LogP contribution in [0.3, 0.4) is 0 Å². The van der Waals surface area contributed by atoms with Gasteiger partial charge in [0.25, 0.3) is 0 Å². The lowest BCUT2D eigenvalue weighted by molar-refractivity contribution is 0.249. The second kappa shape index (κ2) is 9.69. The minimum atomic E-state index is -0.254. The van der Waals surface area contributed by atoms with Crippen LogP contribution >= 0.6 is 35.0 Å². The molecule has 144 valence electrons. The molecular weight excluding hydrogens is 401 g/mol. The number of thioether (sulfide) groups is 1. The quantitative estimate of drug-likeness (QED) is 0.673. The summed E-state index contributed by atoms with van der Waals surface area (Å²) in [4.78, 5) is 14.9. The summed E-state index contributed by atoms with van der Waals surface area (Å²) in [6.45, 7) is 4.90. The van der Waals surface area contributed by atoms with Crippen LogP contribution in [0, 0.1) is 0 Å². The lowest BCUT2D eigenvalue weighted by atomic mass is 10.1. The van der Waals surface area contributed by atoms with Crippen molar-refractivity contribution >= 4 is 46.7 Å². The number of halogens is 2. The van der Waals surface area contributed by atoms with Gasteiger partial charge in [0.1, 0.15) is 0 Å². The van der Waals surface area contributed by atoms with Gasteiger partial charge in [-0.15, -0.1) is 0 Å². The first kappa shape index (κ1) is 20.3. The fourth-order valence-electron chi connectivity index (χ4n) is 3.07. The van der Waals surface area contributed by atoms with Gasteiger partial charge >= 0.3 is 6.03 Å². The molecule has 1 atom stereocenters. The zero-order valence-electron chi connectivity index (χ0n) is 15.2. The van der Waals surface area contributed by atoms with Crippen molar-refractivity contribution in [1.29, 1.82) is 0 Å². The normalized spacial score (nSPS) is 16.0. The number of para-hydroxylation sites is 1.